The van der Waals surface area contributed by atoms with E-state index in [4.69, 9.17) is 4.74 Å². The lowest BCUT2D eigenvalue weighted by atomic mass is 10.1. The zero-order valence-electron chi connectivity index (χ0n) is 14.0. The molecule has 0 aliphatic rings. The molecule has 0 unspecified atom stereocenters. The Balaban J connectivity index is 1.98. The van der Waals surface area contributed by atoms with Gasteiger partial charge in [-0.25, -0.2) is 9.97 Å². The van der Waals surface area contributed by atoms with Crippen molar-refractivity contribution in [3.05, 3.63) is 59.3 Å². The first-order valence-corrected chi connectivity index (χ1v) is 7.86. The molecule has 1 amide bonds. The zero-order chi connectivity index (χ0) is 17.1. The van der Waals surface area contributed by atoms with Crippen molar-refractivity contribution in [2.45, 2.75) is 20.8 Å². The molecule has 0 fully saturated rings. The summed E-state index contributed by atoms with van der Waals surface area (Å²) in [6.45, 7) is 6.30. The van der Waals surface area contributed by atoms with Crippen molar-refractivity contribution < 1.29 is 9.53 Å². The number of hydrogen-bond donors (Lipinski definition) is 1. The fraction of sp³-hybridized carbons (Fsp3) is 0.211. The minimum atomic E-state index is -0.333. The Morgan fingerprint density at radius 1 is 1.04 bits per heavy atom. The third kappa shape index (κ3) is 3.20. The second-order valence-corrected chi connectivity index (χ2v) is 5.55. The zero-order valence-corrected chi connectivity index (χ0v) is 14.0. The van der Waals surface area contributed by atoms with Crippen molar-refractivity contribution in [2.24, 2.45) is 0 Å². The Morgan fingerprint density at radius 2 is 1.75 bits per heavy atom. The Kier molecular flexibility index (Phi) is 4.42. The van der Waals surface area contributed by atoms with Crippen LogP contribution in [0.1, 0.15) is 28.5 Å². The van der Waals surface area contributed by atoms with E-state index in [0.29, 0.717) is 17.6 Å². The van der Waals surface area contributed by atoms with Gasteiger partial charge in [0.2, 0.25) is 5.88 Å². The summed E-state index contributed by atoms with van der Waals surface area (Å²) < 4.78 is 5.51. The fourth-order valence-corrected chi connectivity index (χ4v) is 2.38. The topological polar surface area (TPSA) is 64.1 Å². The van der Waals surface area contributed by atoms with Crippen LogP contribution in [-0.4, -0.2) is 22.5 Å². The van der Waals surface area contributed by atoms with E-state index in [-0.39, 0.29) is 17.5 Å². The van der Waals surface area contributed by atoms with Crippen LogP contribution in [0.3, 0.4) is 0 Å². The number of amides is 1. The molecule has 5 heteroatoms. The highest BCUT2D eigenvalue weighted by atomic mass is 16.5. The first-order valence-electron chi connectivity index (χ1n) is 7.86. The van der Waals surface area contributed by atoms with Gasteiger partial charge >= 0.3 is 0 Å². The quantitative estimate of drug-likeness (QED) is 0.791. The van der Waals surface area contributed by atoms with E-state index in [0.717, 1.165) is 11.3 Å². The van der Waals surface area contributed by atoms with Crippen molar-refractivity contribution in [1.29, 1.82) is 0 Å². The van der Waals surface area contributed by atoms with Crippen LogP contribution in [0.25, 0.3) is 11.0 Å². The van der Waals surface area contributed by atoms with Gasteiger partial charge in [-0.3, -0.25) is 4.79 Å². The lowest BCUT2D eigenvalue weighted by molar-refractivity contribution is 0.101. The van der Waals surface area contributed by atoms with Crippen LogP contribution >= 0.6 is 0 Å². The highest BCUT2D eigenvalue weighted by Crippen LogP contribution is 2.21. The average molecular weight is 321 g/mol. The third-order valence-corrected chi connectivity index (χ3v) is 3.80. The van der Waals surface area contributed by atoms with Gasteiger partial charge in [0.25, 0.3) is 5.91 Å². The van der Waals surface area contributed by atoms with Crippen molar-refractivity contribution in [1.82, 2.24) is 9.97 Å². The van der Waals surface area contributed by atoms with Crippen LogP contribution in [0.4, 0.5) is 5.69 Å². The summed E-state index contributed by atoms with van der Waals surface area (Å²) in [6, 6.07) is 13.2. The number of ether oxygens (including phenoxy) is 1. The largest absolute Gasteiger partial charge is 0.476 e. The van der Waals surface area contributed by atoms with E-state index < -0.39 is 0 Å². The molecule has 1 heterocycles. The minimum Gasteiger partial charge on any atom is -0.476 e. The van der Waals surface area contributed by atoms with E-state index in [9.17, 15) is 4.79 Å². The van der Waals surface area contributed by atoms with E-state index in [2.05, 4.69) is 15.3 Å². The molecule has 0 spiro atoms. The van der Waals surface area contributed by atoms with Crippen molar-refractivity contribution in [3.8, 4) is 5.88 Å². The number of carbonyl (C=O) groups is 1. The highest BCUT2D eigenvalue weighted by molar-refractivity contribution is 6.05. The first-order chi connectivity index (χ1) is 11.6. The summed E-state index contributed by atoms with van der Waals surface area (Å²) in [7, 11) is 0. The summed E-state index contributed by atoms with van der Waals surface area (Å²) >= 11 is 0. The summed E-state index contributed by atoms with van der Waals surface area (Å²) in [5.41, 5.74) is 4.56. The number of benzene rings is 2. The van der Waals surface area contributed by atoms with Crippen LogP contribution in [0, 0.1) is 13.8 Å². The number of carbonyl (C=O) groups excluding carboxylic acids is 1. The molecule has 2 aromatic carbocycles. The Hall–Kier alpha value is -2.95. The SMILES string of the molecule is CCOc1nc2ccccc2nc1C(=O)Nc1ccc(C)c(C)c1. The van der Waals surface area contributed by atoms with Gasteiger partial charge < -0.3 is 10.1 Å². The van der Waals surface area contributed by atoms with E-state index in [1.807, 2.05) is 63.2 Å². The normalized spacial score (nSPS) is 10.6. The van der Waals surface area contributed by atoms with Gasteiger partial charge in [0.05, 0.1) is 17.6 Å². The van der Waals surface area contributed by atoms with Crippen molar-refractivity contribution >= 4 is 22.6 Å². The number of nitrogens with one attached hydrogen (secondary N) is 1. The van der Waals surface area contributed by atoms with Gasteiger partial charge in [-0.1, -0.05) is 18.2 Å². The predicted octanol–water partition coefficient (Wildman–Crippen LogP) is 3.90. The Bertz CT molecular complexity index is 906. The average Bonchev–Trinajstić information content (AvgIpc) is 2.58. The maximum atomic E-state index is 12.7. The number of para-hydroxylation sites is 2. The molecular weight excluding hydrogens is 302 g/mol. The molecule has 122 valence electrons. The summed E-state index contributed by atoms with van der Waals surface area (Å²) in [4.78, 5) is 21.5. The van der Waals surface area contributed by atoms with Crippen molar-refractivity contribution in [3.63, 3.8) is 0 Å². The second kappa shape index (κ2) is 6.66. The van der Waals surface area contributed by atoms with Gasteiger partial charge in [-0.05, 0) is 56.2 Å². The minimum absolute atomic E-state index is 0.189. The molecular formula is C19H19N3O2. The van der Waals surface area contributed by atoms with Gasteiger partial charge in [0.1, 0.15) is 0 Å². The Labute approximate surface area is 140 Å². The van der Waals surface area contributed by atoms with E-state index in [1.54, 1.807) is 0 Å². The number of anilines is 1. The van der Waals surface area contributed by atoms with Crippen LogP contribution in [0.15, 0.2) is 42.5 Å². The predicted molar refractivity (Wildman–Crippen MR) is 94.6 cm³/mol. The van der Waals surface area contributed by atoms with Crippen LogP contribution in [0.2, 0.25) is 0 Å². The van der Waals surface area contributed by atoms with E-state index in [1.165, 1.54) is 5.56 Å². The first kappa shape index (κ1) is 15.9. The Morgan fingerprint density at radius 3 is 2.42 bits per heavy atom. The fourth-order valence-electron chi connectivity index (χ4n) is 2.38. The molecule has 0 radical (unpaired) electrons. The number of nitrogens with zero attached hydrogens (tertiary/aromatic N) is 2. The number of aromatic nitrogens is 2. The smallest absolute Gasteiger partial charge is 0.279 e. The van der Waals surface area contributed by atoms with Crippen LogP contribution in [0.5, 0.6) is 5.88 Å². The molecule has 0 aliphatic carbocycles. The molecule has 0 saturated carbocycles. The van der Waals surface area contributed by atoms with Crippen molar-refractivity contribution in [2.75, 3.05) is 11.9 Å². The molecule has 5 nitrogen and oxygen atoms in total. The second-order valence-electron chi connectivity index (χ2n) is 5.55. The lowest BCUT2D eigenvalue weighted by Gasteiger charge is -2.11. The molecule has 0 atom stereocenters. The molecule has 24 heavy (non-hydrogen) atoms. The molecule has 0 aliphatic heterocycles. The maximum absolute atomic E-state index is 12.7. The third-order valence-electron chi connectivity index (χ3n) is 3.80. The molecule has 1 N–H and O–H groups in total. The maximum Gasteiger partial charge on any atom is 0.279 e. The summed E-state index contributed by atoms with van der Waals surface area (Å²) in [5, 5.41) is 2.87. The molecule has 0 saturated heterocycles. The summed E-state index contributed by atoms with van der Waals surface area (Å²) in [5.74, 6) is -0.0857. The van der Waals surface area contributed by atoms with Crippen LogP contribution < -0.4 is 10.1 Å². The standard InChI is InChI=1S/C19H19N3O2/c1-4-24-19-17(21-15-7-5-6-8-16(15)22-19)18(23)20-14-10-9-12(2)13(3)11-14/h5-11H,4H2,1-3H3,(H,20,23). The van der Waals surface area contributed by atoms with Gasteiger partial charge in [-0.15, -0.1) is 0 Å². The van der Waals surface area contributed by atoms with Gasteiger partial charge in [0.15, 0.2) is 5.69 Å². The van der Waals surface area contributed by atoms with Gasteiger partial charge in [0, 0.05) is 5.69 Å². The van der Waals surface area contributed by atoms with Crippen LogP contribution in [-0.2, 0) is 0 Å². The van der Waals surface area contributed by atoms with E-state index >= 15 is 0 Å². The number of rotatable bonds is 4. The highest BCUT2D eigenvalue weighted by Gasteiger charge is 2.18. The lowest BCUT2D eigenvalue weighted by Crippen LogP contribution is -2.16. The number of fused-ring (bicyclic) bond motifs is 1. The monoisotopic (exact) mass is 321 g/mol. The molecule has 3 rings (SSSR count). The van der Waals surface area contributed by atoms with Gasteiger partial charge in [-0.2, -0.15) is 0 Å². The molecule has 3 aromatic rings. The molecule has 0 bridgehead atoms. The summed E-state index contributed by atoms with van der Waals surface area (Å²) in [6.07, 6.45) is 0. The number of aryl methyl sites for hydroxylation is 2. The number of hydrogen-bond acceptors (Lipinski definition) is 4. The molecule has 1 aromatic heterocycles.